The van der Waals surface area contributed by atoms with Crippen molar-refractivity contribution < 1.29 is 9.53 Å². The Morgan fingerprint density at radius 2 is 1.89 bits per heavy atom. The van der Waals surface area contributed by atoms with Crippen LogP contribution in [0.15, 0.2) is 41.3 Å². The summed E-state index contributed by atoms with van der Waals surface area (Å²) in [4.78, 5) is 12.9. The van der Waals surface area contributed by atoms with Crippen LogP contribution in [0.3, 0.4) is 0 Å². The number of hydrogen-bond donors (Lipinski definition) is 0. The molecule has 2 aromatic rings. The second-order valence-corrected chi connectivity index (χ2v) is 6.78. The molecule has 2 nitrogen and oxygen atoms in total. The molecule has 0 fully saturated rings. The van der Waals surface area contributed by atoms with Crippen LogP contribution in [-0.4, -0.2) is 10.9 Å². The maximum atomic E-state index is 12.4. The minimum absolute atomic E-state index is 0.207. The van der Waals surface area contributed by atoms with Crippen molar-refractivity contribution in [1.82, 2.24) is 0 Å². The molecule has 1 unspecified atom stereocenters. The fraction of sp³-hybridized carbons (Fsp3) is 0.312. The van der Waals surface area contributed by atoms with Gasteiger partial charge in [0.25, 0.3) is 0 Å². The van der Waals surface area contributed by atoms with E-state index in [4.69, 9.17) is 4.74 Å². The van der Waals surface area contributed by atoms with E-state index in [9.17, 15) is 4.79 Å². The van der Waals surface area contributed by atoms with E-state index in [2.05, 4.69) is 19.9 Å². The molecular weight excluding hydrogens is 256 g/mol. The van der Waals surface area contributed by atoms with E-state index in [1.54, 1.807) is 11.8 Å². The first-order chi connectivity index (χ1) is 9.01. The zero-order valence-corrected chi connectivity index (χ0v) is 12.1. The second kappa shape index (κ2) is 4.27. The van der Waals surface area contributed by atoms with E-state index in [-0.39, 0.29) is 11.9 Å². The smallest absolute Gasteiger partial charge is 0.341 e. The Bertz CT molecular complexity index is 663. The van der Waals surface area contributed by atoms with Crippen molar-refractivity contribution in [2.24, 2.45) is 5.92 Å². The zero-order chi connectivity index (χ0) is 13.6. The average molecular weight is 272 g/mol. The summed E-state index contributed by atoms with van der Waals surface area (Å²) in [7, 11) is 0. The molecule has 0 amide bonds. The van der Waals surface area contributed by atoms with Crippen molar-refractivity contribution >= 4 is 28.5 Å². The molecule has 98 valence electrons. The third-order valence-corrected chi connectivity index (χ3v) is 5.27. The molecule has 19 heavy (non-hydrogen) atoms. The minimum Gasteiger partial charge on any atom is -0.444 e. The van der Waals surface area contributed by atoms with Crippen molar-refractivity contribution in [2.75, 3.05) is 0 Å². The highest BCUT2D eigenvalue weighted by molar-refractivity contribution is 8.00. The van der Waals surface area contributed by atoms with Gasteiger partial charge in [0.2, 0.25) is 0 Å². The molecular formula is C16H16O2S. The lowest BCUT2D eigenvalue weighted by Gasteiger charge is -2.37. The van der Waals surface area contributed by atoms with Gasteiger partial charge in [-0.25, -0.2) is 4.79 Å². The number of esters is 1. The Kier molecular flexibility index (Phi) is 2.82. The molecule has 1 aliphatic heterocycles. The summed E-state index contributed by atoms with van der Waals surface area (Å²) in [5.41, 5.74) is 0.709. The quantitative estimate of drug-likeness (QED) is 0.716. The molecule has 0 saturated heterocycles. The molecule has 0 spiro atoms. The largest absolute Gasteiger partial charge is 0.444 e. The Morgan fingerprint density at radius 3 is 2.63 bits per heavy atom. The summed E-state index contributed by atoms with van der Waals surface area (Å²) >= 11 is 1.64. The summed E-state index contributed by atoms with van der Waals surface area (Å²) in [5, 5.41) is 2.05. The molecule has 1 heterocycles. The van der Waals surface area contributed by atoms with Crippen LogP contribution in [-0.2, 0) is 4.74 Å². The van der Waals surface area contributed by atoms with Crippen LogP contribution in [0.5, 0.6) is 0 Å². The highest BCUT2D eigenvalue weighted by Gasteiger charge is 2.40. The van der Waals surface area contributed by atoms with Gasteiger partial charge in [0.05, 0.1) is 5.56 Å². The maximum Gasteiger partial charge on any atom is 0.341 e. The van der Waals surface area contributed by atoms with Gasteiger partial charge >= 0.3 is 5.97 Å². The summed E-state index contributed by atoms with van der Waals surface area (Å²) in [6.45, 7) is 6.14. The molecule has 2 aromatic carbocycles. The van der Waals surface area contributed by atoms with Crippen molar-refractivity contribution in [3.05, 3.63) is 42.0 Å². The van der Waals surface area contributed by atoms with Crippen molar-refractivity contribution in [2.45, 2.75) is 30.6 Å². The molecule has 3 heteroatoms. The average Bonchev–Trinajstić information content (AvgIpc) is 2.37. The van der Waals surface area contributed by atoms with E-state index in [0.717, 1.165) is 15.7 Å². The predicted octanol–water partition coefficient (Wildman–Crippen LogP) is 4.47. The normalized spacial score (nSPS) is 22.4. The second-order valence-electron chi connectivity index (χ2n) is 5.32. The van der Waals surface area contributed by atoms with E-state index in [0.29, 0.717) is 5.56 Å². The van der Waals surface area contributed by atoms with Crippen molar-refractivity contribution in [1.29, 1.82) is 0 Å². The minimum atomic E-state index is -0.480. The van der Waals surface area contributed by atoms with Gasteiger partial charge < -0.3 is 4.74 Å². The zero-order valence-electron chi connectivity index (χ0n) is 11.3. The molecule has 1 aliphatic rings. The van der Waals surface area contributed by atoms with Crippen LogP contribution in [0, 0.1) is 5.92 Å². The third kappa shape index (κ3) is 1.93. The molecule has 0 saturated carbocycles. The molecule has 3 rings (SSSR count). The predicted molar refractivity (Wildman–Crippen MR) is 78.5 cm³/mol. The molecule has 0 N–H and O–H groups in total. The number of hydrogen-bond acceptors (Lipinski definition) is 3. The Hall–Kier alpha value is -1.48. The van der Waals surface area contributed by atoms with Gasteiger partial charge in [-0.1, -0.05) is 55.9 Å². The first-order valence-corrected chi connectivity index (χ1v) is 7.27. The van der Waals surface area contributed by atoms with Crippen molar-refractivity contribution in [3.63, 3.8) is 0 Å². The first-order valence-electron chi connectivity index (χ1n) is 6.45. The number of carbonyl (C=O) groups excluding carboxylic acids is 1. The van der Waals surface area contributed by atoms with Crippen molar-refractivity contribution in [3.8, 4) is 0 Å². The molecule has 1 atom stereocenters. The van der Waals surface area contributed by atoms with Gasteiger partial charge in [0.1, 0.15) is 0 Å². The lowest BCUT2D eigenvalue weighted by Crippen LogP contribution is -2.37. The lowest BCUT2D eigenvalue weighted by molar-refractivity contribution is 0.00921. The topological polar surface area (TPSA) is 26.3 Å². The van der Waals surface area contributed by atoms with E-state index in [1.165, 1.54) is 0 Å². The number of carbonyl (C=O) groups is 1. The Balaban J connectivity index is 2.21. The number of fused-ring (bicyclic) bond motifs is 3. The Morgan fingerprint density at radius 1 is 1.16 bits per heavy atom. The monoisotopic (exact) mass is 272 g/mol. The molecule has 0 aromatic heterocycles. The standard InChI is InChI=1S/C16H16O2S/c1-10(2)16(3)18-15(17)14-12-7-5-4-6-11(12)8-9-13(14)19-16/h4-10H,1-3H3. The van der Waals surface area contributed by atoms with E-state index < -0.39 is 4.93 Å². The first kappa shape index (κ1) is 12.5. The highest BCUT2D eigenvalue weighted by atomic mass is 32.2. The van der Waals surface area contributed by atoms with Crippen LogP contribution in [0.1, 0.15) is 31.1 Å². The fourth-order valence-electron chi connectivity index (χ4n) is 2.26. The maximum absolute atomic E-state index is 12.4. The Labute approximate surface area is 117 Å². The number of ether oxygens (including phenoxy) is 1. The number of thioether (sulfide) groups is 1. The van der Waals surface area contributed by atoms with E-state index >= 15 is 0 Å². The lowest BCUT2D eigenvalue weighted by atomic mass is 10.0. The summed E-state index contributed by atoms with van der Waals surface area (Å²) in [5.74, 6) is 0.0582. The van der Waals surface area contributed by atoms with Crippen LogP contribution in [0.2, 0.25) is 0 Å². The third-order valence-electron chi connectivity index (χ3n) is 3.75. The SMILES string of the molecule is CC(C)C1(C)OC(=O)c2c(ccc3ccccc23)S1. The number of rotatable bonds is 1. The molecule has 0 aliphatic carbocycles. The summed E-state index contributed by atoms with van der Waals surface area (Å²) in [6.07, 6.45) is 0. The van der Waals surface area contributed by atoms with Gasteiger partial charge in [0, 0.05) is 10.8 Å². The van der Waals surface area contributed by atoms with Gasteiger partial charge in [-0.15, -0.1) is 0 Å². The molecule has 0 radical (unpaired) electrons. The van der Waals surface area contributed by atoms with Gasteiger partial charge in [-0.3, -0.25) is 0 Å². The number of cyclic esters (lactones) is 1. The van der Waals surface area contributed by atoms with Gasteiger partial charge in [-0.05, 0) is 23.8 Å². The van der Waals surface area contributed by atoms with Crippen LogP contribution >= 0.6 is 11.8 Å². The number of benzene rings is 2. The van der Waals surface area contributed by atoms with Gasteiger partial charge in [-0.2, -0.15) is 0 Å². The van der Waals surface area contributed by atoms with Crippen LogP contribution in [0.4, 0.5) is 0 Å². The summed E-state index contributed by atoms with van der Waals surface area (Å²) in [6, 6.07) is 12.0. The van der Waals surface area contributed by atoms with Crippen LogP contribution in [0.25, 0.3) is 10.8 Å². The van der Waals surface area contributed by atoms with Gasteiger partial charge in [0.15, 0.2) is 4.93 Å². The molecule has 0 bridgehead atoms. The summed E-state index contributed by atoms with van der Waals surface area (Å²) < 4.78 is 5.69. The van der Waals surface area contributed by atoms with Crippen LogP contribution < -0.4 is 0 Å². The fourth-order valence-corrected chi connectivity index (χ4v) is 3.48. The highest BCUT2D eigenvalue weighted by Crippen LogP contribution is 2.46. The van der Waals surface area contributed by atoms with E-state index in [1.807, 2.05) is 37.3 Å².